The van der Waals surface area contributed by atoms with E-state index in [1.165, 1.54) is 32.2 Å². The molecule has 1 aromatic heterocycles. The van der Waals surface area contributed by atoms with Crippen LogP contribution in [0.4, 0.5) is 0 Å². The molecule has 1 rings (SSSR count). The molecule has 0 unspecified atom stereocenters. The molecule has 0 saturated carbocycles. The first-order chi connectivity index (χ1) is 8.08. The van der Waals surface area contributed by atoms with Crippen LogP contribution in [-0.4, -0.2) is 49.7 Å². The molecular weight excluding hydrogens is 228 g/mol. The van der Waals surface area contributed by atoms with E-state index in [-0.39, 0.29) is 18.8 Å². The molecule has 94 valence electrons. The normalized spacial score (nSPS) is 10.1. The number of aromatic nitrogens is 1. The summed E-state index contributed by atoms with van der Waals surface area (Å²) in [6, 6.07) is 1.47. The van der Waals surface area contributed by atoms with Crippen LogP contribution in [0.15, 0.2) is 10.6 Å². The highest BCUT2D eigenvalue weighted by molar-refractivity contribution is 5.94. The summed E-state index contributed by atoms with van der Waals surface area (Å²) in [7, 11) is 4.24. The predicted octanol–water partition coefficient (Wildman–Crippen LogP) is 0.0660. The average molecular weight is 242 g/mol. The molecule has 17 heavy (non-hydrogen) atoms. The third-order valence-electron chi connectivity index (χ3n) is 2.01. The highest BCUT2D eigenvalue weighted by atomic mass is 16.5. The van der Waals surface area contributed by atoms with Gasteiger partial charge in [-0.3, -0.25) is 9.59 Å². The van der Waals surface area contributed by atoms with Crippen LogP contribution in [-0.2, 0) is 20.9 Å². The molecule has 0 bridgehead atoms. The lowest BCUT2D eigenvalue weighted by Gasteiger charge is -2.13. The first-order valence-electron chi connectivity index (χ1n) is 4.85. The maximum atomic E-state index is 11.8. The summed E-state index contributed by atoms with van der Waals surface area (Å²) in [5.41, 5.74) is 0.128. The molecule has 0 aliphatic heterocycles. The lowest BCUT2D eigenvalue weighted by atomic mass is 10.3. The third kappa shape index (κ3) is 3.56. The van der Waals surface area contributed by atoms with E-state index in [0.29, 0.717) is 5.76 Å². The summed E-state index contributed by atoms with van der Waals surface area (Å²) < 4.78 is 14.2. The molecule has 0 N–H and O–H groups in total. The number of carbonyl (C=O) groups is 2. The van der Waals surface area contributed by atoms with Gasteiger partial charge in [0.2, 0.25) is 0 Å². The van der Waals surface area contributed by atoms with Crippen molar-refractivity contribution >= 4 is 11.9 Å². The van der Waals surface area contributed by atoms with Crippen LogP contribution in [0.25, 0.3) is 0 Å². The average Bonchev–Trinajstić information content (AvgIpc) is 2.76. The Hall–Kier alpha value is -1.89. The molecule has 0 saturated heterocycles. The SMILES string of the molecule is COCc1cc(C(=O)N(C)CC(=O)OC)no1. The van der Waals surface area contributed by atoms with E-state index >= 15 is 0 Å². The fraction of sp³-hybridized carbons (Fsp3) is 0.500. The minimum absolute atomic E-state index is 0.128. The Morgan fingerprint density at radius 1 is 1.47 bits per heavy atom. The van der Waals surface area contributed by atoms with Crippen molar-refractivity contribution < 1.29 is 23.6 Å². The van der Waals surface area contributed by atoms with Gasteiger partial charge in [-0.1, -0.05) is 5.16 Å². The van der Waals surface area contributed by atoms with E-state index in [4.69, 9.17) is 9.26 Å². The van der Waals surface area contributed by atoms with Gasteiger partial charge >= 0.3 is 5.97 Å². The van der Waals surface area contributed by atoms with Gasteiger partial charge in [-0.25, -0.2) is 0 Å². The molecule has 0 spiro atoms. The Kier molecular flexibility index (Phi) is 4.65. The van der Waals surface area contributed by atoms with E-state index in [9.17, 15) is 9.59 Å². The second-order valence-electron chi connectivity index (χ2n) is 3.35. The minimum atomic E-state index is -0.499. The van der Waals surface area contributed by atoms with Crippen molar-refractivity contribution in [2.45, 2.75) is 6.61 Å². The van der Waals surface area contributed by atoms with E-state index < -0.39 is 11.9 Å². The third-order valence-corrected chi connectivity index (χ3v) is 2.01. The smallest absolute Gasteiger partial charge is 0.325 e. The van der Waals surface area contributed by atoms with Gasteiger partial charge in [0.05, 0.1) is 7.11 Å². The second-order valence-corrected chi connectivity index (χ2v) is 3.35. The Balaban J connectivity index is 2.64. The molecule has 1 heterocycles. The maximum absolute atomic E-state index is 11.8. The van der Waals surface area contributed by atoms with Crippen molar-refractivity contribution in [2.75, 3.05) is 27.8 Å². The van der Waals surface area contributed by atoms with Crippen LogP contribution in [0.2, 0.25) is 0 Å². The lowest BCUT2D eigenvalue weighted by molar-refractivity contribution is -0.141. The zero-order chi connectivity index (χ0) is 12.8. The second kappa shape index (κ2) is 6.00. The van der Waals surface area contributed by atoms with Crippen molar-refractivity contribution in [3.8, 4) is 0 Å². The van der Waals surface area contributed by atoms with Gasteiger partial charge in [0.1, 0.15) is 13.2 Å². The number of nitrogens with zero attached hydrogens (tertiary/aromatic N) is 2. The summed E-state index contributed by atoms with van der Waals surface area (Å²) in [6.07, 6.45) is 0. The summed E-state index contributed by atoms with van der Waals surface area (Å²) in [5, 5.41) is 3.59. The summed E-state index contributed by atoms with van der Waals surface area (Å²) >= 11 is 0. The quantitative estimate of drug-likeness (QED) is 0.679. The van der Waals surface area contributed by atoms with Crippen molar-refractivity contribution in [2.24, 2.45) is 0 Å². The number of likely N-dealkylation sites (N-methyl/N-ethyl adjacent to an activating group) is 1. The standard InChI is InChI=1S/C10H14N2O5/c1-12(5-9(13)16-3)10(14)8-4-7(6-15-2)17-11-8/h4H,5-6H2,1-3H3. The van der Waals surface area contributed by atoms with Gasteiger partial charge in [-0.05, 0) is 0 Å². The van der Waals surface area contributed by atoms with Crippen LogP contribution >= 0.6 is 0 Å². The summed E-state index contributed by atoms with van der Waals surface area (Å²) in [6.45, 7) is 0.100. The van der Waals surface area contributed by atoms with Crippen molar-refractivity contribution in [1.29, 1.82) is 0 Å². The van der Waals surface area contributed by atoms with E-state index in [1.807, 2.05) is 0 Å². The number of esters is 1. The molecule has 7 nitrogen and oxygen atoms in total. The number of ether oxygens (including phenoxy) is 2. The zero-order valence-corrected chi connectivity index (χ0v) is 9.93. The number of carbonyl (C=O) groups excluding carboxylic acids is 2. The topological polar surface area (TPSA) is 81.9 Å². The van der Waals surface area contributed by atoms with Crippen molar-refractivity contribution in [3.63, 3.8) is 0 Å². The fourth-order valence-electron chi connectivity index (χ4n) is 1.15. The lowest BCUT2D eigenvalue weighted by Crippen LogP contribution is -2.32. The molecule has 0 aromatic carbocycles. The molecule has 0 fully saturated rings. The van der Waals surface area contributed by atoms with E-state index in [0.717, 1.165) is 0 Å². The number of amides is 1. The molecule has 0 aliphatic carbocycles. The summed E-state index contributed by atoms with van der Waals surface area (Å²) in [5.74, 6) is -0.467. The van der Waals surface area contributed by atoms with Gasteiger partial charge in [-0.2, -0.15) is 0 Å². The van der Waals surface area contributed by atoms with Crippen molar-refractivity contribution in [1.82, 2.24) is 10.1 Å². The van der Waals surface area contributed by atoms with Crippen LogP contribution in [0, 0.1) is 0 Å². The van der Waals surface area contributed by atoms with Crippen LogP contribution in [0.1, 0.15) is 16.2 Å². The Morgan fingerprint density at radius 3 is 2.76 bits per heavy atom. The minimum Gasteiger partial charge on any atom is -0.468 e. The molecule has 0 atom stereocenters. The summed E-state index contributed by atoms with van der Waals surface area (Å²) in [4.78, 5) is 23.9. The molecule has 1 amide bonds. The molecular formula is C10H14N2O5. The number of rotatable bonds is 5. The molecule has 7 heteroatoms. The number of hydrogen-bond donors (Lipinski definition) is 0. The monoisotopic (exact) mass is 242 g/mol. The van der Waals surface area contributed by atoms with Gasteiger partial charge in [-0.15, -0.1) is 0 Å². The predicted molar refractivity (Wildman–Crippen MR) is 56.2 cm³/mol. The Morgan fingerprint density at radius 2 is 2.18 bits per heavy atom. The first-order valence-corrected chi connectivity index (χ1v) is 4.85. The van der Waals surface area contributed by atoms with Crippen molar-refractivity contribution in [3.05, 3.63) is 17.5 Å². The molecule has 0 radical (unpaired) electrons. The number of methoxy groups -OCH3 is 2. The Bertz CT molecular complexity index is 401. The van der Waals surface area contributed by atoms with Gasteiger partial charge in [0.15, 0.2) is 11.5 Å². The largest absolute Gasteiger partial charge is 0.468 e. The maximum Gasteiger partial charge on any atom is 0.325 e. The van der Waals surface area contributed by atoms with Crippen LogP contribution in [0.3, 0.4) is 0 Å². The van der Waals surface area contributed by atoms with Gasteiger partial charge < -0.3 is 18.9 Å². The number of hydrogen-bond acceptors (Lipinski definition) is 6. The van der Waals surface area contributed by atoms with Gasteiger partial charge in [0.25, 0.3) is 5.91 Å². The van der Waals surface area contributed by atoms with E-state index in [2.05, 4.69) is 9.89 Å². The van der Waals surface area contributed by atoms with Crippen LogP contribution in [0.5, 0.6) is 0 Å². The zero-order valence-electron chi connectivity index (χ0n) is 9.93. The molecule has 0 aliphatic rings. The van der Waals surface area contributed by atoms with Gasteiger partial charge in [0, 0.05) is 20.2 Å². The fourth-order valence-corrected chi connectivity index (χ4v) is 1.15. The highest BCUT2D eigenvalue weighted by Crippen LogP contribution is 2.07. The molecule has 1 aromatic rings. The highest BCUT2D eigenvalue weighted by Gasteiger charge is 2.19. The van der Waals surface area contributed by atoms with Crippen LogP contribution < -0.4 is 0 Å². The van der Waals surface area contributed by atoms with E-state index in [1.54, 1.807) is 0 Å². The Labute approximate surface area is 98.3 Å². The first kappa shape index (κ1) is 13.2.